The molecule has 1 aliphatic heterocycles. The number of hydrogen-bond donors (Lipinski definition) is 0. The topological polar surface area (TPSA) is 40.6 Å². The predicted octanol–water partition coefficient (Wildman–Crippen LogP) is 2.04. The van der Waals surface area contributed by atoms with Crippen LogP contribution in [0.1, 0.15) is 19.8 Å². The van der Waals surface area contributed by atoms with E-state index < -0.39 is 10.0 Å². The highest BCUT2D eigenvalue weighted by atomic mass is 32.2. The maximum atomic E-state index is 12.7. The largest absolute Gasteiger partial charge is 0.305 e. The summed E-state index contributed by atoms with van der Waals surface area (Å²) in [7, 11) is 0.718. The molecular weight excluding hydrogens is 272 g/mol. The summed E-state index contributed by atoms with van der Waals surface area (Å²) in [5.74, 6) is 0.425. The standard InChI is InChI=1S/C15H24N2O2S/c1-4-8-13-11-17(12-15(13)16(2)3)20(18,19)14-9-6-5-7-10-14/h5-7,9-10,13,15H,4,8,11-12H2,1-3H3/t13-,15-/m1/s1. The van der Waals surface area contributed by atoms with Gasteiger partial charge in [0.2, 0.25) is 10.0 Å². The summed E-state index contributed by atoms with van der Waals surface area (Å²) in [6.45, 7) is 3.38. The third-order valence-electron chi connectivity index (χ3n) is 4.08. The van der Waals surface area contributed by atoms with Gasteiger partial charge in [-0.05, 0) is 38.6 Å². The van der Waals surface area contributed by atoms with Gasteiger partial charge in [-0.25, -0.2) is 8.42 Å². The van der Waals surface area contributed by atoms with E-state index >= 15 is 0 Å². The Morgan fingerprint density at radius 1 is 1.20 bits per heavy atom. The molecule has 2 atom stereocenters. The second kappa shape index (κ2) is 6.24. The first-order valence-corrected chi connectivity index (χ1v) is 8.62. The summed E-state index contributed by atoms with van der Waals surface area (Å²) in [5, 5.41) is 0. The van der Waals surface area contributed by atoms with E-state index in [1.807, 2.05) is 20.2 Å². The summed E-state index contributed by atoms with van der Waals surface area (Å²) < 4.78 is 27.0. The molecule has 0 radical (unpaired) electrons. The Hall–Kier alpha value is -0.910. The predicted molar refractivity (Wildman–Crippen MR) is 81.1 cm³/mol. The molecule has 5 heteroatoms. The summed E-state index contributed by atoms with van der Waals surface area (Å²) in [5.41, 5.74) is 0. The van der Waals surface area contributed by atoms with Gasteiger partial charge < -0.3 is 4.90 Å². The highest BCUT2D eigenvalue weighted by Gasteiger charge is 2.39. The lowest BCUT2D eigenvalue weighted by atomic mass is 9.98. The molecule has 0 aromatic heterocycles. The maximum Gasteiger partial charge on any atom is 0.243 e. The number of nitrogens with zero attached hydrogens (tertiary/aromatic N) is 2. The van der Waals surface area contributed by atoms with E-state index in [4.69, 9.17) is 0 Å². The third-order valence-corrected chi connectivity index (χ3v) is 5.92. The molecule has 1 saturated heterocycles. The highest BCUT2D eigenvalue weighted by molar-refractivity contribution is 7.89. The molecule has 0 N–H and O–H groups in total. The number of likely N-dealkylation sites (N-methyl/N-ethyl adjacent to an activating group) is 1. The van der Waals surface area contributed by atoms with Crippen LogP contribution in [-0.4, -0.2) is 50.8 Å². The molecule has 112 valence electrons. The van der Waals surface area contributed by atoms with Crippen molar-refractivity contribution in [3.63, 3.8) is 0 Å². The molecule has 4 nitrogen and oxygen atoms in total. The van der Waals surface area contributed by atoms with E-state index in [2.05, 4.69) is 11.8 Å². The van der Waals surface area contributed by atoms with Gasteiger partial charge in [0.25, 0.3) is 0 Å². The zero-order valence-corrected chi connectivity index (χ0v) is 13.3. The van der Waals surface area contributed by atoms with Crippen LogP contribution in [0.15, 0.2) is 35.2 Å². The van der Waals surface area contributed by atoms with E-state index in [-0.39, 0.29) is 0 Å². The van der Waals surface area contributed by atoms with Crippen LogP contribution < -0.4 is 0 Å². The van der Waals surface area contributed by atoms with Crippen molar-refractivity contribution in [3.05, 3.63) is 30.3 Å². The average molecular weight is 296 g/mol. The van der Waals surface area contributed by atoms with Crippen molar-refractivity contribution in [3.8, 4) is 0 Å². The van der Waals surface area contributed by atoms with Gasteiger partial charge in [0.15, 0.2) is 0 Å². The maximum absolute atomic E-state index is 12.7. The van der Waals surface area contributed by atoms with Crippen molar-refractivity contribution in [2.45, 2.75) is 30.7 Å². The summed E-state index contributed by atoms with van der Waals surface area (Å²) in [4.78, 5) is 2.55. The van der Waals surface area contributed by atoms with Crippen molar-refractivity contribution < 1.29 is 8.42 Å². The fourth-order valence-electron chi connectivity index (χ4n) is 2.99. The quantitative estimate of drug-likeness (QED) is 0.835. The van der Waals surface area contributed by atoms with Crippen molar-refractivity contribution in [1.82, 2.24) is 9.21 Å². The smallest absolute Gasteiger partial charge is 0.243 e. The normalized spacial score (nSPS) is 24.4. The van der Waals surface area contributed by atoms with E-state index in [0.717, 1.165) is 12.8 Å². The molecule has 1 heterocycles. The molecule has 0 amide bonds. The molecule has 1 fully saturated rings. The Labute approximate surface area is 122 Å². The third kappa shape index (κ3) is 3.05. The van der Waals surface area contributed by atoms with Gasteiger partial charge in [0.05, 0.1) is 4.90 Å². The number of benzene rings is 1. The van der Waals surface area contributed by atoms with Crippen LogP contribution >= 0.6 is 0 Å². The monoisotopic (exact) mass is 296 g/mol. The van der Waals surface area contributed by atoms with Crippen LogP contribution in [0.25, 0.3) is 0 Å². The first-order valence-electron chi connectivity index (χ1n) is 7.18. The van der Waals surface area contributed by atoms with Crippen molar-refractivity contribution in [2.75, 3.05) is 27.2 Å². The van der Waals surface area contributed by atoms with Crippen LogP contribution in [0.4, 0.5) is 0 Å². The first kappa shape index (κ1) is 15.5. The van der Waals surface area contributed by atoms with Gasteiger partial charge in [-0.3, -0.25) is 0 Å². The minimum Gasteiger partial charge on any atom is -0.305 e. The minimum absolute atomic E-state index is 0.313. The van der Waals surface area contributed by atoms with Crippen LogP contribution in [0.5, 0.6) is 0 Å². The van der Waals surface area contributed by atoms with E-state index in [0.29, 0.717) is 29.9 Å². The number of rotatable bonds is 5. The Bertz CT molecular complexity index is 528. The van der Waals surface area contributed by atoms with Gasteiger partial charge in [0, 0.05) is 19.1 Å². The zero-order chi connectivity index (χ0) is 14.8. The zero-order valence-electron chi connectivity index (χ0n) is 12.5. The fraction of sp³-hybridized carbons (Fsp3) is 0.600. The molecule has 1 aliphatic rings. The lowest BCUT2D eigenvalue weighted by Crippen LogP contribution is -2.36. The SMILES string of the molecule is CCC[C@@H]1CN(S(=O)(=O)c2ccccc2)C[C@H]1N(C)C. The summed E-state index contributed by atoms with van der Waals surface area (Å²) in [6.07, 6.45) is 2.16. The van der Waals surface area contributed by atoms with E-state index in [9.17, 15) is 8.42 Å². The Morgan fingerprint density at radius 2 is 1.85 bits per heavy atom. The van der Waals surface area contributed by atoms with Crippen LogP contribution in [0, 0.1) is 5.92 Å². The van der Waals surface area contributed by atoms with E-state index in [1.165, 1.54) is 0 Å². The Balaban J connectivity index is 2.22. The van der Waals surface area contributed by atoms with Crippen molar-refractivity contribution in [2.24, 2.45) is 5.92 Å². The Kier molecular flexibility index (Phi) is 4.83. The van der Waals surface area contributed by atoms with Crippen molar-refractivity contribution >= 4 is 10.0 Å². The number of hydrogen-bond acceptors (Lipinski definition) is 3. The van der Waals surface area contributed by atoms with Gasteiger partial charge in [-0.1, -0.05) is 31.5 Å². The second-order valence-electron chi connectivity index (χ2n) is 5.71. The molecule has 20 heavy (non-hydrogen) atoms. The fourth-order valence-corrected chi connectivity index (χ4v) is 4.53. The lowest BCUT2D eigenvalue weighted by Gasteiger charge is -2.24. The lowest BCUT2D eigenvalue weighted by molar-refractivity contribution is 0.244. The average Bonchev–Trinajstić information content (AvgIpc) is 2.85. The molecule has 1 aromatic carbocycles. The molecule has 0 spiro atoms. The molecule has 0 unspecified atom stereocenters. The van der Waals surface area contributed by atoms with Gasteiger partial charge >= 0.3 is 0 Å². The van der Waals surface area contributed by atoms with Crippen molar-refractivity contribution in [1.29, 1.82) is 0 Å². The van der Waals surface area contributed by atoms with Crippen LogP contribution in [0.3, 0.4) is 0 Å². The minimum atomic E-state index is -3.35. The molecule has 0 saturated carbocycles. The molecule has 2 rings (SSSR count). The molecule has 0 bridgehead atoms. The summed E-state index contributed by atoms with van der Waals surface area (Å²) in [6, 6.07) is 9.05. The summed E-state index contributed by atoms with van der Waals surface area (Å²) >= 11 is 0. The van der Waals surface area contributed by atoms with Crippen LogP contribution in [0.2, 0.25) is 0 Å². The Morgan fingerprint density at radius 3 is 2.40 bits per heavy atom. The number of sulfonamides is 1. The van der Waals surface area contributed by atoms with Gasteiger partial charge in [-0.2, -0.15) is 4.31 Å². The highest BCUT2D eigenvalue weighted by Crippen LogP contribution is 2.29. The van der Waals surface area contributed by atoms with Gasteiger partial charge in [0.1, 0.15) is 0 Å². The second-order valence-corrected chi connectivity index (χ2v) is 7.65. The van der Waals surface area contributed by atoms with Crippen LogP contribution in [-0.2, 0) is 10.0 Å². The molecule has 1 aromatic rings. The molecular formula is C15H24N2O2S. The van der Waals surface area contributed by atoms with Gasteiger partial charge in [-0.15, -0.1) is 0 Å². The van der Waals surface area contributed by atoms with E-state index in [1.54, 1.807) is 28.6 Å². The molecule has 0 aliphatic carbocycles. The first-order chi connectivity index (χ1) is 9.46.